The van der Waals surface area contributed by atoms with Crippen molar-refractivity contribution in [1.29, 1.82) is 0 Å². The zero-order valence-electron chi connectivity index (χ0n) is 9.46. The van der Waals surface area contributed by atoms with Gasteiger partial charge in [0.05, 0.1) is 6.20 Å². The highest BCUT2D eigenvalue weighted by Crippen LogP contribution is 2.28. The summed E-state index contributed by atoms with van der Waals surface area (Å²) in [6, 6.07) is 0. The maximum Gasteiger partial charge on any atom is 0.195 e. The fourth-order valence-electron chi connectivity index (χ4n) is 2.29. The van der Waals surface area contributed by atoms with Crippen LogP contribution in [0.3, 0.4) is 0 Å². The number of hydrogen-bond acceptors (Lipinski definition) is 3. The van der Waals surface area contributed by atoms with Gasteiger partial charge in [0.15, 0.2) is 5.89 Å². The summed E-state index contributed by atoms with van der Waals surface area (Å²) in [6.45, 7) is 0.934. The lowest BCUT2D eigenvalue weighted by molar-refractivity contribution is 0.413. The number of likely N-dealkylation sites (N-methyl/N-ethyl adjacent to an activating group) is 1. The van der Waals surface area contributed by atoms with Gasteiger partial charge in [-0.05, 0) is 13.0 Å². The second kappa shape index (κ2) is 5.31. The zero-order chi connectivity index (χ0) is 10.5. The van der Waals surface area contributed by atoms with Crippen molar-refractivity contribution >= 4 is 0 Å². The van der Waals surface area contributed by atoms with Crippen molar-refractivity contribution in [1.82, 2.24) is 10.3 Å². The van der Waals surface area contributed by atoms with Crippen molar-refractivity contribution in [3.05, 3.63) is 17.8 Å². The molecule has 1 aromatic heterocycles. The van der Waals surface area contributed by atoms with Crippen LogP contribution in [0.25, 0.3) is 0 Å². The van der Waals surface area contributed by atoms with Crippen LogP contribution >= 0.6 is 0 Å². The van der Waals surface area contributed by atoms with E-state index in [2.05, 4.69) is 10.3 Å². The Labute approximate surface area is 91.3 Å². The molecule has 1 aliphatic carbocycles. The second-order valence-corrected chi connectivity index (χ2v) is 4.43. The molecule has 2 rings (SSSR count). The van der Waals surface area contributed by atoms with Crippen LogP contribution in [0.5, 0.6) is 0 Å². The zero-order valence-corrected chi connectivity index (χ0v) is 9.46. The van der Waals surface area contributed by atoms with Crippen molar-refractivity contribution < 1.29 is 4.42 Å². The average Bonchev–Trinajstić information content (AvgIpc) is 2.87. The lowest BCUT2D eigenvalue weighted by Crippen LogP contribution is -2.10. The molecule has 1 saturated carbocycles. The predicted octanol–water partition coefficient (Wildman–Crippen LogP) is 2.17. The van der Waals surface area contributed by atoms with Crippen LogP contribution in [0.2, 0.25) is 0 Å². The Morgan fingerprint density at radius 1 is 1.47 bits per heavy atom. The molecule has 1 fully saturated rings. The monoisotopic (exact) mass is 208 g/mol. The van der Waals surface area contributed by atoms with E-state index in [1.54, 1.807) is 0 Å². The minimum atomic E-state index is 0.843. The fourth-order valence-corrected chi connectivity index (χ4v) is 2.29. The van der Waals surface area contributed by atoms with Crippen LogP contribution in [0.4, 0.5) is 0 Å². The largest absolute Gasteiger partial charge is 0.446 e. The Bertz CT molecular complexity index is 290. The molecule has 15 heavy (non-hydrogen) atoms. The molecule has 0 radical (unpaired) electrons. The molecule has 3 heteroatoms. The van der Waals surface area contributed by atoms with Crippen LogP contribution in [0.15, 0.2) is 10.6 Å². The average molecular weight is 208 g/mol. The molecule has 1 aliphatic rings. The van der Waals surface area contributed by atoms with Crippen LogP contribution in [0.1, 0.15) is 37.3 Å². The van der Waals surface area contributed by atoms with E-state index in [4.69, 9.17) is 4.42 Å². The lowest BCUT2D eigenvalue weighted by Gasteiger charge is -2.04. The van der Waals surface area contributed by atoms with E-state index in [1.807, 2.05) is 13.2 Å². The molecule has 84 valence electrons. The number of aromatic nitrogens is 1. The third kappa shape index (κ3) is 3.06. The summed E-state index contributed by atoms with van der Waals surface area (Å²) in [4.78, 5) is 4.29. The topological polar surface area (TPSA) is 38.1 Å². The maximum atomic E-state index is 5.70. The van der Waals surface area contributed by atoms with Crippen molar-refractivity contribution in [3.8, 4) is 0 Å². The molecule has 0 spiro atoms. The van der Waals surface area contributed by atoms with Gasteiger partial charge in [-0.3, -0.25) is 0 Å². The minimum Gasteiger partial charge on any atom is -0.446 e. The van der Waals surface area contributed by atoms with Gasteiger partial charge in [-0.2, -0.15) is 0 Å². The van der Waals surface area contributed by atoms with Crippen molar-refractivity contribution in [2.75, 3.05) is 13.6 Å². The summed E-state index contributed by atoms with van der Waals surface area (Å²) >= 11 is 0. The standard InChI is InChI=1S/C12H20N2O/c1-13-7-6-12-14-9-11(15-12)8-10-4-2-3-5-10/h9-10,13H,2-8H2,1H3. The Morgan fingerprint density at radius 3 is 3.00 bits per heavy atom. The van der Waals surface area contributed by atoms with Crippen LogP contribution < -0.4 is 5.32 Å². The van der Waals surface area contributed by atoms with E-state index in [0.717, 1.165) is 37.0 Å². The van der Waals surface area contributed by atoms with E-state index in [1.165, 1.54) is 25.7 Å². The van der Waals surface area contributed by atoms with E-state index < -0.39 is 0 Å². The Kier molecular flexibility index (Phi) is 3.78. The van der Waals surface area contributed by atoms with Crippen molar-refractivity contribution in [2.45, 2.75) is 38.5 Å². The van der Waals surface area contributed by atoms with E-state index in [9.17, 15) is 0 Å². The van der Waals surface area contributed by atoms with Gasteiger partial charge in [0.1, 0.15) is 5.76 Å². The molecule has 0 saturated heterocycles. The summed E-state index contributed by atoms with van der Waals surface area (Å²) in [5.41, 5.74) is 0. The molecule has 0 unspecified atom stereocenters. The van der Waals surface area contributed by atoms with Gasteiger partial charge < -0.3 is 9.73 Å². The molecule has 0 atom stereocenters. The minimum absolute atomic E-state index is 0.843. The van der Waals surface area contributed by atoms with Crippen molar-refractivity contribution in [3.63, 3.8) is 0 Å². The molecule has 1 N–H and O–H groups in total. The number of rotatable bonds is 5. The highest BCUT2D eigenvalue weighted by atomic mass is 16.4. The van der Waals surface area contributed by atoms with Crippen LogP contribution in [-0.4, -0.2) is 18.6 Å². The van der Waals surface area contributed by atoms with E-state index in [-0.39, 0.29) is 0 Å². The van der Waals surface area contributed by atoms with Gasteiger partial charge in [-0.15, -0.1) is 0 Å². The first kappa shape index (κ1) is 10.7. The number of nitrogens with zero attached hydrogens (tertiary/aromatic N) is 1. The molecular formula is C12H20N2O. The molecule has 1 aromatic rings. The van der Waals surface area contributed by atoms with Gasteiger partial charge >= 0.3 is 0 Å². The Morgan fingerprint density at radius 2 is 2.27 bits per heavy atom. The number of hydrogen-bond donors (Lipinski definition) is 1. The maximum absolute atomic E-state index is 5.70. The van der Waals surface area contributed by atoms with Gasteiger partial charge in [0, 0.05) is 19.4 Å². The molecule has 3 nitrogen and oxygen atoms in total. The molecule has 1 heterocycles. The molecule has 0 bridgehead atoms. The quantitative estimate of drug-likeness (QED) is 0.806. The van der Waals surface area contributed by atoms with Gasteiger partial charge in [0.2, 0.25) is 0 Å². The summed E-state index contributed by atoms with van der Waals surface area (Å²) in [5, 5.41) is 3.10. The predicted molar refractivity (Wildman–Crippen MR) is 59.8 cm³/mol. The molecule has 0 aliphatic heterocycles. The van der Waals surface area contributed by atoms with Crippen LogP contribution in [0, 0.1) is 5.92 Å². The Balaban J connectivity index is 1.83. The van der Waals surface area contributed by atoms with Gasteiger partial charge in [0.25, 0.3) is 0 Å². The number of nitrogens with one attached hydrogen (secondary N) is 1. The van der Waals surface area contributed by atoms with Gasteiger partial charge in [-0.25, -0.2) is 4.98 Å². The van der Waals surface area contributed by atoms with Crippen LogP contribution in [-0.2, 0) is 12.8 Å². The second-order valence-electron chi connectivity index (χ2n) is 4.43. The summed E-state index contributed by atoms with van der Waals surface area (Å²) in [5.74, 6) is 2.79. The normalized spacial score (nSPS) is 17.4. The fraction of sp³-hybridized carbons (Fsp3) is 0.750. The first-order chi connectivity index (χ1) is 7.38. The first-order valence-electron chi connectivity index (χ1n) is 5.96. The highest BCUT2D eigenvalue weighted by Gasteiger charge is 2.17. The lowest BCUT2D eigenvalue weighted by atomic mass is 10.0. The third-order valence-corrected chi connectivity index (χ3v) is 3.15. The molecular weight excluding hydrogens is 188 g/mol. The van der Waals surface area contributed by atoms with E-state index >= 15 is 0 Å². The highest BCUT2D eigenvalue weighted by molar-refractivity contribution is 4.96. The molecule has 0 amide bonds. The first-order valence-corrected chi connectivity index (χ1v) is 5.96. The summed E-state index contributed by atoms with van der Waals surface area (Å²) in [7, 11) is 1.95. The smallest absolute Gasteiger partial charge is 0.195 e. The molecule has 0 aromatic carbocycles. The summed E-state index contributed by atoms with van der Waals surface area (Å²) < 4.78 is 5.70. The number of oxazole rings is 1. The van der Waals surface area contributed by atoms with Crippen molar-refractivity contribution in [2.24, 2.45) is 5.92 Å². The van der Waals surface area contributed by atoms with E-state index in [0.29, 0.717) is 0 Å². The SMILES string of the molecule is CNCCc1ncc(CC2CCCC2)o1. The summed E-state index contributed by atoms with van der Waals surface area (Å²) in [6.07, 6.45) is 9.41. The van der Waals surface area contributed by atoms with Gasteiger partial charge in [-0.1, -0.05) is 25.7 Å². The Hall–Kier alpha value is -0.830. The third-order valence-electron chi connectivity index (χ3n) is 3.15.